The van der Waals surface area contributed by atoms with Crippen LogP contribution in [-0.4, -0.2) is 77.7 Å². The molecule has 4 rings (SSSR count). The van der Waals surface area contributed by atoms with Crippen LogP contribution in [0.3, 0.4) is 0 Å². The minimum absolute atomic E-state index is 0.0416. The molecule has 0 radical (unpaired) electrons. The number of nitrogens with zero attached hydrogens (tertiary/aromatic N) is 2. The SMILES string of the molecule is CCCOc1ccc(/C(O)=C2/C(=O)C(=O)N(CCN3CCOCC3)C2c2ccc(O)cc2)cc1. The van der Waals surface area contributed by atoms with Crippen molar-refractivity contribution in [3.05, 3.63) is 65.2 Å². The van der Waals surface area contributed by atoms with Crippen molar-refractivity contribution in [2.24, 2.45) is 0 Å². The van der Waals surface area contributed by atoms with E-state index in [9.17, 15) is 19.8 Å². The number of benzene rings is 2. The summed E-state index contributed by atoms with van der Waals surface area (Å²) in [5.41, 5.74) is 1.11. The van der Waals surface area contributed by atoms with Crippen molar-refractivity contribution in [2.75, 3.05) is 46.0 Å². The summed E-state index contributed by atoms with van der Waals surface area (Å²) in [6.07, 6.45) is 0.877. The van der Waals surface area contributed by atoms with E-state index in [1.807, 2.05) is 6.92 Å². The molecule has 0 bridgehead atoms. The molecule has 2 heterocycles. The van der Waals surface area contributed by atoms with Gasteiger partial charge in [-0.15, -0.1) is 0 Å². The number of morpholine rings is 1. The third-order valence-corrected chi connectivity index (χ3v) is 6.11. The molecule has 0 saturated carbocycles. The predicted molar refractivity (Wildman–Crippen MR) is 127 cm³/mol. The summed E-state index contributed by atoms with van der Waals surface area (Å²) in [4.78, 5) is 29.9. The zero-order valence-electron chi connectivity index (χ0n) is 19.3. The summed E-state index contributed by atoms with van der Waals surface area (Å²) in [6.45, 7) is 6.32. The van der Waals surface area contributed by atoms with Crippen LogP contribution in [0.2, 0.25) is 0 Å². The van der Waals surface area contributed by atoms with E-state index in [0.29, 0.717) is 49.8 Å². The van der Waals surface area contributed by atoms with E-state index >= 15 is 0 Å². The highest BCUT2D eigenvalue weighted by molar-refractivity contribution is 6.46. The van der Waals surface area contributed by atoms with Crippen molar-refractivity contribution >= 4 is 17.4 Å². The molecule has 0 aliphatic carbocycles. The quantitative estimate of drug-likeness (QED) is 0.351. The van der Waals surface area contributed by atoms with Crippen LogP contribution in [-0.2, 0) is 14.3 Å². The molecule has 34 heavy (non-hydrogen) atoms. The molecule has 2 aromatic carbocycles. The monoisotopic (exact) mass is 466 g/mol. The average molecular weight is 467 g/mol. The zero-order valence-corrected chi connectivity index (χ0v) is 19.3. The van der Waals surface area contributed by atoms with Gasteiger partial charge in [0.2, 0.25) is 0 Å². The fourth-order valence-corrected chi connectivity index (χ4v) is 4.27. The van der Waals surface area contributed by atoms with Crippen LogP contribution in [0.25, 0.3) is 5.76 Å². The molecule has 2 aromatic rings. The van der Waals surface area contributed by atoms with Gasteiger partial charge >= 0.3 is 0 Å². The molecule has 2 aliphatic rings. The lowest BCUT2D eigenvalue weighted by Crippen LogP contribution is -2.42. The van der Waals surface area contributed by atoms with Crippen LogP contribution in [0.15, 0.2) is 54.1 Å². The lowest BCUT2D eigenvalue weighted by atomic mass is 9.95. The second-order valence-electron chi connectivity index (χ2n) is 8.41. The van der Waals surface area contributed by atoms with E-state index in [0.717, 1.165) is 19.5 Å². The normalized spacial score (nSPS) is 20.6. The Hall–Kier alpha value is -3.36. The Bertz CT molecular complexity index is 1040. The first-order chi connectivity index (χ1) is 16.5. The van der Waals surface area contributed by atoms with Gasteiger partial charge < -0.3 is 24.6 Å². The van der Waals surface area contributed by atoms with Gasteiger partial charge in [-0.3, -0.25) is 14.5 Å². The topological polar surface area (TPSA) is 99.5 Å². The van der Waals surface area contributed by atoms with E-state index in [-0.39, 0.29) is 17.1 Å². The summed E-state index contributed by atoms with van der Waals surface area (Å²) < 4.78 is 11.0. The molecular formula is C26H30N2O6. The molecule has 2 N–H and O–H groups in total. The number of hydrogen-bond donors (Lipinski definition) is 2. The first kappa shape index (κ1) is 23.8. The number of carbonyl (C=O) groups is 2. The minimum atomic E-state index is -0.752. The van der Waals surface area contributed by atoms with Crippen LogP contribution in [0, 0.1) is 0 Å². The van der Waals surface area contributed by atoms with Gasteiger partial charge in [0, 0.05) is 31.7 Å². The van der Waals surface area contributed by atoms with Crippen molar-refractivity contribution < 1.29 is 29.3 Å². The number of hydrogen-bond acceptors (Lipinski definition) is 7. The van der Waals surface area contributed by atoms with E-state index in [2.05, 4.69) is 4.90 Å². The lowest BCUT2D eigenvalue weighted by Gasteiger charge is -2.31. The molecule has 0 spiro atoms. The fourth-order valence-electron chi connectivity index (χ4n) is 4.27. The molecule has 8 nitrogen and oxygen atoms in total. The molecule has 1 amide bonds. The number of likely N-dealkylation sites (tertiary alicyclic amines) is 1. The lowest BCUT2D eigenvalue weighted by molar-refractivity contribution is -0.140. The minimum Gasteiger partial charge on any atom is -0.508 e. The summed E-state index contributed by atoms with van der Waals surface area (Å²) >= 11 is 0. The number of aliphatic hydroxyl groups excluding tert-OH is 1. The number of aromatic hydroxyl groups is 1. The number of Topliss-reactive ketones (excluding diaryl/α,β-unsaturated/α-hetero) is 1. The van der Waals surface area contributed by atoms with Gasteiger partial charge in [-0.2, -0.15) is 0 Å². The second-order valence-corrected chi connectivity index (χ2v) is 8.41. The number of aliphatic hydroxyl groups is 1. The first-order valence-corrected chi connectivity index (χ1v) is 11.6. The molecular weight excluding hydrogens is 436 g/mol. The highest BCUT2D eigenvalue weighted by Gasteiger charge is 2.46. The Morgan fingerprint density at radius 2 is 1.71 bits per heavy atom. The molecule has 0 aromatic heterocycles. The van der Waals surface area contributed by atoms with Crippen molar-refractivity contribution in [1.29, 1.82) is 0 Å². The molecule has 2 fully saturated rings. The standard InChI is InChI=1S/C26H30N2O6/c1-2-15-34-21-9-5-19(6-10-21)24(30)22-23(18-3-7-20(29)8-4-18)28(26(32)25(22)31)12-11-27-13-16-33-17-14-27/h3-10,23,29-30H,2,11-17H2,1H3/b24-22-. The Morgan fingerprint density at radius 3 is 2.35 bits per heavy atom. The van der Waals surface area contributed by atoms with Crippen LogP contribution in [0.5, 0.6) is 11.5 Å². The van der Waals surface area contributed by atoms with Crippen molar-refractivity contribution in [3.8, 4) is 11.5 Å². The van der Waals surface area contributed by atoms with Crippen LogP contribution in [0.4, 0.5) is 0 Å². The highest BCUT2D eigenvalue weighted by atomic mass is 16.5. The summed E-state index contributed by atoms with van der Waals surface area (Å²) in [7, 11) is 0. The first-order valence-electron chi connectivity index (χ1n) is 11.6. The van der Waals surface area contributed by atoms with Gasteiger partial charge in [-0.25, -0.2) is 0 Å². The third-order valence-electron chi connectivity index (χ3n) is 6.11. The number of ether oxygens (including phenoxy) is 2. The van der Waals surface area contributed by atoms with Gasteiger partial charge in [-0.1, -0.05) is 19.1 Å². The Balaban J connectivity index is 1.67. The summed E-state index contributed by atoms with van der Waals surface area (Å²) in [5.74, 6) is -0.844. The van der Waals surface area contributed by atoms with Crippen molar-refractivity contribution in [1.82, 2.24) is 9.80 Å². The van der Waals surface area contributed by atoms with Gasteiger partial charge in [0.1, 0.15) is 17.3 Å². The fraction of sp³-hybridized carbons (Fsp3) is 0.385. The molecule has 2 saturated heterocycles. The molecule has 8 heteroatoms. The Labute approximate surface area is 199 Å². The van der Waals surface area contributed by atoms with Gasteiger partial charge in [-0.05, 0) is 48.4 Å². The Morgan fingerprint density at radius 1 is 1.03 bits per heavy atom. The van der Waals surface area contributed by atoms with Gasteiger partial charge in [0.25, 0.3) is 11.7 Å². The molecule has 1 atom stereocenters. The van der Waals surface area contributed by atoms with Crippen molar-refractivity contribution in [2.45, 2.75) is 19.4 Å². The maximum Gasteiger partial charge on any atom is 0.295 e. The number of ketones is 1. The largest absolute Gasteiger partial charge is 0.508 e. The van der Waals surface area contributed by atoms with Crippen LogP contribution < -0.4 is 4.74 Å². The van der Waals surface area contributed by atoms with E-state index < -0.39 is 17.7 Å². The average Bonchev–Trinajstić information content (AvgIpc) is 3.12. The number of carbonyl (C=O) groups excluding carboxylic acids is 2. The van der Waals surface area contributed by atoms with E-state index in [1.165, 1.54) is 17.0 Å². The zero-order chi connectivity index (χ0) is 24.1. The molecule has 2 aliphatic heterocycles. The van der Waals surface area contributed by atoms with E-state index in [1.54, 1.807) is 36.4 Å². The maximum atomic E-state index is 13.1. The van der Waals surface area contributed by atoms with Crippen LogP contribution in [0.1, 0.15) is 30.5 Å². The van der Waals surface area contributed by atoms with Crippen LogP contribution >= 0.6 is 0 Å². The smallest absolute Gasteiger partial charge is 0.295 e. The maximum absolute atomic E-state index is 13.1. The summed E-state index contributed by atoms with van der Waals surface area (Å²) in [5, 5.41) is 20.9. The number of phenolic OH excluding ortho intramolecular Hbond substituents is 1. The van der Waals surface area contributed by atoms with E-state index in [4.69, 9.17) is 9.47 Å². The van der Waals surface area contributed by atoms with Gasteiger partial charge in [0.05, 0.1) is 31.4 Å². The van der Waals surface area contributed by atoms with Crippen molar-refractivity contribution in [3.63, 3.8) is 0 Å². The third kappa shape index (κ3) is 5.08. The molecule has 180 valence electrons. The van der Waals surface area contributed by atoms with Gasteiger partial charge in [0.15, 0.2) is 0 Å². The predicted octanol–water partition coefficient (Wildman–Crippen LogP) is 2.93. The molecule has 1 unspecified atom stereocenters. The summed E-state index contributed by atoms with van der Waals surface area (Å²) in [6, 6.07) is 12.4. The highest BCUT2D eigenvalue weighted by Crippen LogP contribution is 2.39. The number of rotatable bonds is 8. The second kappa shape index (κ2) is 10.7. The number of phenols is 1. The Kier molecular flexibility index (Phi) is 7.49. The number of amides is 1.